The highest BCUT2D eigenvalue weighted by Gasteiger charge is 2.16. The third kappa shape index (κ3) is 4.17. The number of nitrogens with one attached hydrogen (secondary N) is 2. The number of alkyl halides is 2. The van der Waals surface area contributed by atoms with E-state index in [2.05, 4.69) is 15.4 Å². The molecule has 1 aromatic carbocycles. The van der Waals surface area contributed by atoms with E-state index in [9.17, 15) is 13.6 Å². The van der Waals surface area contributed by atoms with E-state index in [0.717, 1.165) is 19.5 Å². The van der Waals surface area contributed by atoms with Gasteiger partial charge < -0.3 is 15.4 Å². The van der Waals surface area contributed by atoms with Crippen LogP contribution < -0.4 is 15.4 Å². The Bertz CT molecular complexity index is 434. The third-order valence-corrected chi connectivity index (χ3v) is 3.04. The normalized spacial score (nSPS) is 18.6. The molecule has 0 spiro atoms. The van der Waals surface area contributed by atoms with E-state index in [1.165, 1.54) is 18.2 Å². The third-order valence-electron chi connectivity index (χ3n) is 3.04. The first-order chi connectivity index (χ1) is 9.15. The Labute approximate surface area is 110 Å². The summed E-state index contributed by atoms with van der Waals surface area (Å²) < 4.78 is 28.4. The second-order valence-electron chi connectivity index (χ2n) is 4.48. The molecule has 1 saturated heterocycles. The molecule has 1 aromatic rings. The van der Waals surface area contributed by atoms with E-state index >= 15 is 0 Å². The number of halogens is 2. The van der Waals surface area contributed by atoms with Crippen molar-refractivity contribution in [1.29, 1.82) is 0 Å². The average molecular weight is 270 g/mol. The molecule has 0 aromatic heterocycles. The summed E-state index contributed by atoms with van der Waals surface area (Å²) in [5.41, 5.74) is 0.323. The molecule has 1 amide bonds. The Balaban J connectivity index is 1.90. The van der Waals surface area contributed by atoms with Gasteiger partial charge >= 0.3 is 6.61 Å². The summed E-state index contributed by atoms with van der Waals surface area (Å²) in [6, 6.07) is 5.79. The van der Waals surface area contributed by atoms with Crippen molar-refractivity contribution >= 4 is 5.91 Å². The average Bonchev–Trinajstić information content (AvgIpc) is 2.88. The van der Waals surface area contributed by atoms with Crippen molar-refractivity contribution < 1.29 is 18.3 Å². The fourth-order valence-electron chi connectivity index (χ4n) is 2.04. The van der Waals surface area contributed by atoms with E-state index in [4.69, 9.17) is 0 Å². The smallest absolute Gasteiger partial charge is 0.387 e. The van der Waals surface area contributed by atoms with E-state index in [0.29, 0.717) is 18.0 Å². The number of hydrogen-bond acceptors (Lipinski definition) is 3. The van der Waals surface area contributed by atoms with Gasteiger partial charge in [-0.25, -0.2) is 0 Å². The van der Waals surface area contributed by atoms with Crippen molar-refractivity contribution in [2.24, 2.45) is 5.92 Å². The van der Waals surface area contributed by atoms with Crippen LogP contribution in [0.25, 0.3) is 0 Å². The van der Waals surface area contributed by atoms with Crippen molar-refractivity contribution in [2.75, 3.05) is 19.6 Å². The highest BCUT2D eigenvalue weighted by atomic mass is 19.3. The van der Waals surface area contributed by atoms with Crippen molar-refractivity contribution in [1.82, 2.24) is 10.6 Å². The number of carbonyl (C=O) groups excluding carboxylic acids is 1. The summed E-state index contributed by atoms with van der Waals surface area (Å²) in [5, 5.41) is 6.01. The van der Waals surface area contributed by atoms with Gasteiger partial charge in [0.2, 0.25) is 0 Å². The van der Waals surface area contributed by atoms with Gasteiger partial charge in [-0.15, -0.1) is 0 Å². The van der Waals surface area contributed by atoms with Crippen LogP contribution in [0, 0.1) is 5.92 Å². The number of hydrogen-bond donors (Lipinski definition) is 2. The Hall–Kier alpha value is -1.69. The van der Waals surface area contributed by atoms with Crippen LogP contribution >= 0.6 is 0 Å². The summed E-state index contributed by atoms with van der Waals surface area (Å²) in [4.78, 5) is 11.9. The second-order valence-corrected chi connectivity index (χ2v) is 4.48. The van der Waals surface area contributed by atoms with Crippen molar-refractivity contribution in [3.63, 3.8) is 0 Å². The second kappa shape index (κ2) is 6.47. The zero-order valence-electron chi connectivity index (χ0n) is 10.4. The molecule has 104 valence electrons. The van der Waals surface area contributed by atoms with Gasteiger partial charge in [0.05, 0.1) is 0 Å². The molecule has 0 bridgehead atoms. The van der Waals surface area contributed by atoms with Gasteiger partial charge in [0.1, 0.15) is 5.75 Å². The fourth-order valence-corrected chi connectivity index (χ4v) is 2.04. The lowest BCUT2D eigenvalue weighted by Gasteiger charge is -2.11. The molecule has 1 unspecified atom stereocenters. The summed E-state index contributed by atoms with van der Waals surface area (Å²) in [7, 11) is 0. The van der Waals surface area contributed by atoms with Crippen LogP contribution in [-0.4, -0.2) is 32.2 Å². The number of benzene rings is 1. The lowest BCUT2D eigenvalue weighted by atomic mass is 10.1. The van der Waals surface area contributed by atoms with Crippen LogP contribution in [0.5, 0.6) is 5.75 Å². The largest absolute Gasteiger partial charge is 0.435 e. The van der Waals surface area contributed by atoms with E-state index in [1.807, 2.05) is 0 Å². The molecule has 2 N–H and O–H groups in total. The Morgan fingerprint density at radius 2 is 2.37 bits per heavy atom. The zero-order chi connectivity index (χ0) is 13.7. The van der Waals surface area contributed by atoms with Crippen molar-refractivity contribution in [3.8, 4) is 5.75 Å². The highest BCUT2D eigenvalue weighted by Crippen LogP contribution is 2.16. The molecule has 1 atom stereocenters. The maximum atomic E-state index is 12.1. The first kappa shape index (κ1) is 13.7. The van der Waals surface area contributed by atoms with Gasteiger partial charge in [-0.2, -0.15) is 8.78 Å². The minimum atomic E-state index is -2.89. The molecule has 1 fully saturated rings. The first-order valence-corrected chi connectivity index (χ1v) is 6.19. The maximum absolute atomic E-state index is 12.1. The highest BCUT2D eigenvalue weighted by molar-refractivity contribution is 5.94. The van der Waals surface area contributed by atoms with E-state index in [-0.39, 0.29) is 11.7 Å². The zero-order valence-corrected chi connectivity index (χ0v) is 10.4. The summed E-state index contributed by atoms with van der Waals surface area (Å²) >= 11 is 0. The number of amides is 1. The minimum Gasteiger partial charge on any atom is -0.435 e. The Morgan fingerprint density at radius 3 is 3.05 bits per heavy atom. The molecular formula is C13H16F2N2O2. The molecule has 1 aliphatic rings. The SMILES string of the molecule is O=C(NCC1CCNC1)c1cccc(OC(F)F)c1. The number of rotatable bonds is 5. The lowest BCUT2D eigenvalue weighted by Crippen LogP contribution is -2.30. The summed E-state index contributed by atoms with van der Waals surface area (Å²) in [6.07, 6.45) is 1.04. The molecule has 1 heterocycles. The van der Waals surface area contributed by atoms with Gasteiger partial charge in [0.25, 0.3) is 5.91 Å². The van der Waals surface area contributed by atoms with Gasteiger partial charge in [-0.05, 0) is 43.6 Å². The predicted octanol–water partition coefficient (Wildman–Crippen LogP) is 1.63. The minimum absolute atomic E-state index is 0.00909. The quantitative estimate of drug-likeness (QED) is 0.855. The lowest BCUT2D eigenvalue weighted by molar-refractivity contribution is -0.0498. The molecule has 1 aliphatic heterocycles. The summed E-state index contributed by atoms with van der Waals surface area (Å²) in [6.45, 7) is -0.429. The molecule has 19 heavy (non-hydrogen) atoms. The molecule has 0 saturated carbocycles. The van der Waals surface area contributed by atoms with Crippen LogP contribution in [0.15, 0.2) is 24.3 Å². The maximum Gasteiger partial charge on any atom is 0.387 e. The van der Waals surface area contributed by atoms with Crippen LogP contribution in [0.4, 0.5) is 8.78 Å². The molecule has 2 rings (SSSR count). The van der Waals surface area contributed by atoms with Crippen LogP contribution in [0.1, 0.15) is 16.8 Å². The Morgan fingerprint density at radius 1 is 1.53 bits per heavy atom. The van der Waals surface area contributed by atoms with Gasteiger partial charge in [0, 0.05) is 12.1 Å². The first-order valence-electron chi connectivity index (χ1n) is 6.19. The number of ether oxygens (including phenoxy) is 1. The van der Waals surface area contributed by atoms with Crippen molar-refractivity contribution in [3.05, 3.63) is 29.8 Å². The van der Waals surface area contributed by atoms with Gasteiger partial charge in [-0.1, -0.05) is 6.07 Å². The van der Waals surface area contributed by atoms with Crippen molar-refractivity contribution in [2.45, 2.75) is 13.0 Å². The standard InChI is InChI=1S/C13H16F2N2O2/c14-13(15)19-11-3-1-2-10(6-11)12(18)17-8-9-4-5-16-7-9/h1-3,6,9,13,16H,4-5,7-8H2,(H,17,18). The monoisotopic (exact) mass is 270 g/mol. The van der Waals surface area contributed by atoms with Crippen LogP contribution in [-0.2, 0) is 0 Å². The molecule has 4 nitrogen and oxygen atoms in total. The molecule has 0 aliphatic carbocycles. The van der Waals surface area contributed by atoms with Crippen LogP contribution in [0.2, 0.25) is 0 Å². The van der Waals surface area contributed by atoms with E-state index in [1.54, 1.807) is 6.07 Å². The predicted molar refractivity (Wildman–Crippen MR) is 66.4 cm³/mol. The Kier molecular flexibility index (Phi) is 4.68. The molecule has 6 heteroatoms. The number of carbonyl (C=O) groups is 1. The fraction of sp³-hybridized carbons (Fsp3) is 0.462. The van der Waals surface area contributed by atoms with Gasteiger partial charge in [0.15, 0.2) is 0 Å². The van der Waals surface area contributed by atoms with Crippen LogP contribution in [0.3, 0.4) is 0 Å². The molecule has 0 radical (unpaired) electrons. The molecular weight excluding hydrogens is 254 g/mol. The van der Waals surface area contributed by atoms with E-state index < -0.39 is 6.61 Å². The van der Waals surface area contributed by atoms with Gasteiger partial charge in [-0.3, -0.25) is 4.79 Å². The summed E-state index contributed by atoms with van der Waals surface area (Å²) in [5.74, 6) is 0.154. The topological polar surface area (TPSA) is 50.4 Å².